The topological polar surface area (TPSA) is 49.7 Å². The molecule has 0 radical (unpaired) electrons. The lowest BCUT2D eigenvalue weighted by atomic mass is 9.70. The summed E-state index contributed by atoms with van der Waals surface area (Å²) >= 11 is 3.48. The van der Waals surface area contributed by atoms with Crippen LogP contribution in [0.15, 0.2) is 5.16 Å². The molecular formula is C10H14BrNO2. The van der Waals surface area contributed by atoms with Crippen LogP contribution in [-0.4, -0.2) is 22.0 Å². The number of nitrogens with zero attached hydrogens (tertiary/aromatic N) is 1. The van der Waals surface area contributed by atoms with Crippen LogP contribution in [0.1, 0.15) is 26.7 Å². The second kappa shape index (κ2) is 2.81. The molecule has 3 unspecified atom stereocenters. The van der Waals surface area contributed by atoms with Gasteiger partial charge in [-0.2, -0.15) is 0 Å². The minimum absolute atomic E-state index is 0.0400. The Morgan fingerprint density at radius 3 is 2.64 bits per heavy atom. The summed E-state index contributed by atoms with van der Waals surface area (Å²) in [6.45, 7) is 4.10. The van der Waals surface area contributed by atoms with E-state index in [0.29, 0.717) is 5.71 Å². The largest absolute Gasteiger partial charge is 0.411 e. The van der Waals surface area contributed by atoms with Crippen LogP contribution in [0.2, 0.25) is 0 Å². The first-order chi connectivity index (χ1) is 6.51. The Kier molecular flexibility index (Phi) is 2.04. The average molecular weight is 260 g/mol. The summed E-state index contributed by atoms with van der Waals surface area (Å²) in [5, 5.41) is 12.8. The Morgan fingerprint density at radius 2 is 2.29 bits per heavy atom. The van der Waals surface area contributed by atoms with Gasteiger partial charge in [-0.25, -0.2) is 0 Å². The number of oxime groups is 1. The number of rotatable bonds is 1. The molecule has 0 heterocycles. The van der Waals surface area contributed by atoms with E-state index in [1.165, 1.54) is 0 Å². The van der Waals surface area contributed by atoms with E-state index in [2.05, 4.69) is 28.0 Å². The molecule has 4 heteroatoms. The zero-order valence-electron chi connectivity index (χ0n) is 8.38. The predicted molar refractivity (Wildman–Crippen MR) is 57.0 cm³/mol. The van der Waals surface area contributed by atoms with E-state index >= 15 is 0 Å². The number of hydrogen-bond acceptors (Lipinski definition) is 3. The molecule has 0 aromatic rings. The minimum Gasteiger partial charge on any atom is -0.411 e. The van der Waals surface area contributed by atoms with Crippen molar-refractivity contribution in [1.29, 1.82) is 0 Å². The lowest BCUT2D eigenvalue weighted by Crippen LogP contribution is -2.36. The van der Waals surface area contributed by atoms with E-state index in [-0.39, 0.29) is 22.5 Å². The zero-order valence-corrected chi connectivity index (χ0v) is 9.97. The lowest BCUT2D eigenvalue weighted by Gasteiger charge is -2.33. The molecule has 2 aliphatic rings. The van der Waals surface area contributed by atoms with Crippen LogP contribution in [0.4, 0.5) is 0 Å². The van der Waals surface area contributed by atoms with Gasteiger partial charge in [0.25, 0.3) is 0 Å². The Balaban J connectivity index is 2.56. The van der Waals surface area contributed by atoms with E-state index in [1.54, 1.807) is 0 Å². The summed E-state index contributed by atoms with van der Waals surface area (Å²) in [6.07, 6.45) is 1.88. The van der Waals surface area contributed by atoms with Gasteiger partial charge in [0.2, 0.25) is 0 Å². The Morgan fingerprint density at radius 1 is 1.64 bits per heavy atom. The fraction of sp³-hybridized carbons (Fsp3) is 0.800. The first-order valence-corrected chi connectivity index (χ1v) is 5.96. The highest BCUT2D eigenvalue weighted by Crippen LogP contribution is 2.63. The second-order valence-electron chi connectivity index (χ2n) is 4.79. The number of fused-ring (bicyclic) bond motifs is 2. The van der Waals surface area contributed by atoms with Gasteiger partial charge in [0.05, 0.1) is 0 Å². The number of carbonyl (C=O) groups is 1. The van der Waals surface area contributed by atoms with E-state index < -0.39 is 0 Å². The lowest BCUT2D eigenvalue weighted by molar-refractivity contribution is -0.123. The third-order valence-corrected chi connectivity index (χ3v) is 5.58. The number of ketones is 1. The molecule has 2 rings (SSSR count). The highest BCUT2D eigenvalue weighted by molar-refractivity contribution is 9.09. The third kappa shape index (κ3) is 0.835. The summed E-state index contributed by atoms with van der Waals surface area (Å²) in [6, 6.07) is 0. The Bertz CT molecular complexity index is 328. The highest BCUT2D eigenvalue weighted by Gasteiger charge is 2.67. The van der Waals surface area contributed by atoms with Crippen molar-refractivity contribution in [3.63, 3.8) is 0 Å². The normalized spacial score (nSPS) is 49.2. The zero-order chi connectivity index (χ0) is 10.6. The van der Waals surface area contributed by atoms with Crippen molar-refractivity contribution in [3.05, 3.63) is 0 Å². The number of hydrogen-bond donors (Lipinski definition) is 1. The summed E-state index contributed by atoms with van der Waals surface area (Å²) < 4.78 is 0. The van der Waals surface area contributed by atoms with E-state index in [0.717, 1.165) is 18.2 Å². The van der Waals surface area contributed by atoms with Gasteiger partial charge in [0.1, 0.15) is 5.71 Å². The number of carbonyl (C=O) groups excluding carboxylic acids is 1. The molecular weight excluding hydrogens is 246 g/mol. The molecule has 2 aliphatic carbocycles. The van der Waals surface area contributed by atoms with Crippen LogP contribution in [0, 0.1) is 16.7 Å². The van der Waals surface area contributed by atoms with Crippen LogP contribution >= 0.6 is 15.9 Å². The second-order valence-corrected chi connectivity index (χ2v) is 5.35. The van der Waals surface area contributed by atoms with Crippen molar-refractivity contribution >= 4 is 27.4 Å². The molecule has 0 aliphatic heterocycles. The molecule has 0 aromatic carbocycles. The first-order valence-electron chi connectivity index (χ1n) is 4.84. The summed E-state index contributed by atoms with van der Waals surface area (Å²) in [7, 11) is 0. The molecule has 1 N–H and O–H groups in total. The molecule has 3 atom stereocenters. The molecule has 2 bridgehead atoms. The Hall–Kier alpha value is -0.380. The maximum Gasteiger partial charge on any atom is 0.187 e. The fourth-order valence-corrected chi connectivity index (χ4v) is 4.04. The van der Waals surface area contributed by atoms with Crippen molar-refractivity contribution in [1.82, 2.24) is 0 Å². The van der Waals surface area contributed by atoms with Gasteiger partial charge in [0, 0.05) is 16.7 Å². The van der Waals surface area contributed by atoms with Crippen LogP contribution in [0.5, 0.6) is 0 Å². The first kappa shape index (κ1) is 10.1. The molecule has 0 saturated heterocycles. The maximum atomic E-state index is 12.0. The quantitative estimate of drug-likeness (QED) is 0.446. The minimum atomic E-state index is -0.331. The average Bonchev–Trinajstić information content (AvgIpc) is 2.52. The summed E-state index contributed by atoms with van der Waals surface area (Å²) in [5.74, 6) is 0.169. The summed E-state index contributed by atoms with van der Waals surface area (Å²) in [5.41, 5.74) is -0.0188. The van der Waals surface area contributed by atoms with Gasteiger partial charge in [-0.15, -0.1) is 0 Å². The molecule has 0 spiro atoms. The van der Waals surface area contributed by atoms with Gasteiger partial charge in [-0.05, 0) is 18.3 Å². The van der Waals surface area contributed by atoms with Crippen LogP contribution in [-0.2, 0) is 4.79 Å². The standard InChI is InChI=1S/C10H14BrNO2/c1-9-4-3-6(10(9,2)5-11)7(12-14)8(9)13/h6,14H,3-5H2,1-2H3/b12-7-. The van der Waals surface area contributed by atoms with Gasteiger partial charge in [0.15, 0.2) is 5.78 Å². The fourth-order valence-electron chi connectivity index (χ4n) is 3.03. The van der Waals surface area contributed by atoms with Crippen molar-refractivity contribution in [2.75, 3.05) is 5.33 Å². The van der Waals surface area contributed by atoms with Crippen LogP contribution < -0.4 is 0 Å². The molecule has 2 fully saturated rings. The number of alkyl halides is 1. The highest BCUT2D eigenvalue weighted by atomic mass is 79.9. The van der Waals surface area contributed by atoms with Gasteiger partial charge < -0.3 is 5.21 Å². The van der Waals surface area contributed by atoms with Crippen molar-refractivity contribution in [2.24, 2.45) is 21.9 Å². The molecule has 14 heavy (non-hydrogen) atoms. The molecule has 0 aromatic heterocycles. The third-order valence-electron chi connectivity index (χ3n) is 4.41. The molecule has 0 amide bonds. The molecule has 2 saturated carbocycles. The maximum absolute atomic E-state index is 12.0. The monoisotopic (exact) mass is 259 g/mol. The van der Waals surface area contributed by atoms with E-state index in [9.17, 15) is 4.79 Å². The SMILES string of the molecule is CC12CCC(/C(=N/O)C1=O)C2(C)CBr. The Labute approximate surface area is 91.7 Å². The van der Waals surface area contributed by atoms with Crippen molar-refractivity contribution in [3.8, 4) is 0 Å². The van der Waals surface area contributed by atoms with Crippen molar-refractivity contribution in [2.45, 2.75) is 26.7 Å². The van der Waals surface area contributed by atoms with Gasteiger partial charge >= 0.3 is 0 Å². The van der Waals surface area contributed by atoms with Gasteiger partial charge in [-0.1, -0.05) is 34.9 Å². The summed E-state index contributed by atoms with van der Waals surface area (Å²) in [4.78, 5) is 12.0. The molecule has 3 nitrogen and oxygen atoms in total. The molecule has 78 valence electrons. The van der Waals surface area contributed by atoms with E-state index in [4.69, 9.17) is 5.21 Å². The number of Topliss-reactive ketones (excluding diaryl/α,β-unsaturated/α-hetero) is 1. The van der Waals surface area contributed by atoms with Crippen LogP contribution in [0.3, 0.4) is 0 Å². The van der Waals surface area contributed by atoms with Gasteiger partial charge in [-0.3, -0.25) is 4.79 Å². The predicted octanol–water partition coefficient (Wildman–Crippen LogP) is 2.22. The van der Waals surface area contributed by atoms with Crippen LogP contribution in [0.25, 0.3) is 0 Å². The van der Waals surface area contributed by atoms with E-state index in [1.807, 2.05) is 6.92 Å². The van der Waals surface area contributed by atoms with Crippen molar-refractivity contribution < 1.29 is 10.0 Å². The number of halogens is 1. The smallest absolute Gasteiger partial charge is 0.187 e.